The number of carbonyl (C=O) groups excluding carboxylic acids is 2. The van der Waals surface area contributed by atoms with Crippen LogP contribution in [-0.4, -0.2) is 36.5 Å². The summed E-state index contributed by atoms with van der Waals surface area (Å²) >= 11 is 5.99. The third-order valence-electron chi connectivity index (χ3n) is 4.52. The van der Waals surface area contributed by atoms with Crippen LogP contribution in [0.5, 0.6) is 5.75 Å². The number of nitrogens with zero attached hydrogens (tertiary/aromatic N) is 2. The number of halogens is 1. The maximum Gasteiger partial charge on any atom is 0.331 e. The van der Waals surface area contributed by atoms with E-state index in [-0.39, 0.29) is 6.03 Å². The summed E-state index contributed by atoms with van der Waals surface area (Å²) in [5, 5.41) is 0.547. The van der Waals surface area contributed by atoms with E-state index < -0.39 is 5.91 Å². The molecular formula is C21H23ClN2O3. The van der Waals surface area contributed by atoms with Gasteiger partial charge in [-0.05, 0) is 62.6 Å². The highest BCUT2D eigenvalue weighted by Gasteiger charge is 2.31. The van der Waals surface area contributed by atoms with E-state index in [9.17, 15) is 9.59 Å². The summed E-state index contributed by atoms with van der Waals surface area (Å²) in [6.07, 6.45) is 3.00. The summed E-state index contributed by atoms with van der Waals surface area (Å²) in [7, 11) is 0. The van der Waals surface area contributed by atoms with Crippen molar-refractivity contribution >= 4 is 29.2 Å². The molecule has 0 N–H and O–H groups in total. The van der Waals surface area contributed by atoms with Crippen LogP contribution in [0.1, 0.15) is 36.5 Å². The third kappa shape index (κ3) is 4.42. The number of imide groups is 1. The molecule has 1 aliphatic heterocycles. The molecule has 0 saturated carbocycles. The first-order valence-corrected chi connectivity index (χ1v) is 9.60. The van der Waals surface area contributed by atoms with Gasteiger partial charge in [-0.2, -0.15) is 0 Å². The van der Waals surface area contributed by atoms with Crippen molar-refractivity contribution in [1.29, 1.82) is 0 Å². The van der Waals surface area contributed by atoms with Gasteiger partial charge < -0.3 is 9.64 Å². The van der Waals surface area contributed by atoms with Gasteiger partial charge in [0.1, 0.15) is 5.75 Å². The third-order valence-corrected chi connectivity index (χ3v) is 4.78. The van der Waals surface area contributed by atoms with Crippen molar-refractivity contribution in [1.82, 2.24) is 4.90 Å². The van der Waals surface area contributed by atoms with E-state index >= 15 is 0 Å². The molecule has 0 spiro atoms. The van der Waals surface area contributed by atoms with Crippen molar-refractivity contribution in [2.75, 3.05) is 24.6 Å². The number of benzene rings is 2. The van der Waals surface area contributed by atoms with Crippen molar-refractivity contribution in [2.45, 2.75) is 26.2 Å². The normalized spacial score (nSPS) is 13.9. The Hall–Kier alpha value is -2.53. The Balaban J connectivity index is 1.99. The summed E-state index contributed by atoms with van der Waals surface area (Å²) in [5.74, 6) is 0.0624. The van der Waals surface area contributed by atoms with E-state index in [1.54, 1.807) is 53.4 Å². The van der Waals surface area contributed by atoms with Crippen molar-refractivity contribution in [3.63, 3.8) is 0 Å². The first-order chi connectivity index (χ1) is 13.1. The number of amides is 3. The molecule has 142 valence electrons. The summed E-state index contributed by atoms with van der Waals surface area (Å²) in [6.45, 7) is 3.61. The average molecular weight is 387 g/mol. The van der Waals surface area contributed by atoms with E-state index in [0.29, 0.717) is 41.7 Å². The Kier molecular flexibility index (Phi) is 6.35. The van der Waals surface area contributed by atoms with Crippen LogP contribution >= 0.6 is 11.6 Å². The summed E-state index contributed by atoms with van der Waals surface area (Å²) in [4.78, 5) is 29.6. The lowest BCUT2D eigenvalue weighted by molar-refractivity contribution is 0.0980. The molecule has 1 aliphatic rings. The fourth-order valence-electron chi connectivity index (χ4n) is 3.18. The predicted molar refractivity (Wildman–Crippen MR) is 107 cm³/mol. The highest BCUT2D eigenvalue weighted by molar-refractivity contribution is 6.30. The second kappa shape index (κ2) is 8.91. The molecule has 6 heteroatoms. The second-order valence-electron chi connectivity index (χ2n) is 6.38. The van der Waals surface area contributed by atoms with Crippen molar-refractivity contribution in [3.05, 3.63) is 59.1 Å². The van der Waals surface area contributed by atoms with E-state index in [1.165, 1.54) is 4.90 Å². The number of rotatable bonds is 4. The van der Waals surface area contributed by atoms with Crippen LogP contribution in [0.15, 0.2) is 48.5 Å². The van der Waals surface area contributed by atoms with Gasteiger partial charge in [0.25, 0.3) is 5.91 Å². The second-order valence-corrected chi connectivity index (χ2v) is 6.81. The highest BCUT2D eigenvalue weighted by Crippen LogP contribution is 2.26. The van der Waals surface area contributed by atoms with Crippen LogP contribution in [0.25, 0.3) is 0 Å². The number of likely N-dealkylation sites (tertiary alicyclic amines) is 1. The first-order valence-electron chi connectivity index (χ1n) is 9.22. The van der Waals surface area contributed by atoms with Gasteiger partial charge in [0.2, 0.25) is 0 Å². The minimum atomic E-state index is -0.406. The molecule has 5 nitrogen and oxygen atoms in total. The Labute approximate surface area is 164 Å². The molecule has 1 saturated heterocycles. The summed E-state index contributed by atoms with van der Waals surface area (Å²) in [6, 6.07) is 13.4. The molecule has 0 aromatic heterocycles. The maximum atomic E-state index is 13.4. The molecule has 0 aliphatic carbocycles. The van der Waals surface area contributed by atoms with Crippen LogP contribution in [0.4, 0.5) is 10.5 Å². The Morgan fingerprint density at radius 3 is 2.37 bits per heavy atom. The van der Waals surface area contributed by atoms with Crippen LogP contribution in [-0.2, 0) is 0 Å². The smallest absolute Gasteiger partial charge is 0.331 e. The van der Waals surface area contributed by atoms with Crippen molar-refractivity contribution < 1.29 is 14.3 Å². The topological polar surface area (TPSA) is 49.9 Å². The predicted octanol–water partition coefficient (Wildman–Crippen LogP) is 4.99. The number of para-hydroxylation sites is 1. The van der Waals surface area contributed by atoms with Gasteiger partial charge >= 0.3 is 6.03 Å². The lowest BCUT2D eigenvalue weighted by Crippen LogP contribution is -2.48. The molecule has 1 heterocycles. The standard InChI is InChI=1S/C21H23ClN2O3/c1-2-27-19-9-5-4-8-18(19)20(25)24(17-12-10-16(22)11-13-17)21(26)23-14-6-3-7-15-23/h4-5,8-13H,2-3,6-7,14-15H2,1H3. The Morgan fingerprint density at radius 1 is 1.04 bits per heavy atom. The number of carbonyl (C=O) groups is 2. The summed E-state index contributed by atoms with van der Waals surface area (Å²) in [5.41, 5.74) is 0.853. The molecule has 0 unspecified atom stereocenters. The molecular weight excluding hydrogens is 364 g/mol. The van der Waals surface area contributed by atoms with Crippen molar-refractivity contribution in [2.24, 2.45) is 0 Å². The van der Waals surface area contributed by atoms with Gasteiger partial charge in [-0.15, -0.1) is 0 Å². The summed E-state index contributed by atoms with van der Waals surface area (Å²) < 4.78 is 5.59. The first kappa shape index (κ1) is 19.2. The van der Waals surface area contributed by atoms with E-state index in [1.807, 2.05) is 6.92 Å². The van der Waals surface area contributed by atoms with Crippen LogP contribution < -0.4 is 9.64 Å². The largest absolute Gasteiger partial charge is 0.493 e. The molecule has 0 radical (unpaired) electrons. The Bertz CT molecular complexity index is 801. The van der Waals surface area contributed by atoms with Gasteiger partial charge in [0, 0.05) is 18.1 Å². The zero-order chi connectivity index (χ0) is 19.2. The molecule has 1 fully saturated rings. The maximum absolute atomic E-state index is 13.4. The quantitative estimate of drug-likeness (QED) is 0.743. The van der Waals surface area contributed by atoms with E-state index in [0.717, 1.165) is 19.3 Å². The average Bonchev–Trinajstić information content (AvgIpc) is 2.71. The molecule has 2 aromatic carbocycles. The minimum absolute atomic E-state index is 0.312. The SMILES string of the molecule is CCOc1ccccc1C(=O)N(C(=O)N1CCCCC1)c1ccc(Cl)cc1. The number of urea groups is 1. The van der Waals surface area contributed by atoms with E-state index in [2.05, 4.69) is 0 Å². The highest BCUT2D eigenvalue weighted by atomic mass is 35.5. The monoisotopic (exact) mass is 386 g/mol. The Morgan fingerprint density at radius 2 is 1.70 bits per heavy atom. The zero-order valence-electron chi connectivity index (χ0n) is 15.4. The van der Waals surface area contributed by atoms with Gasteiger partial charge in [-0.25, -0.2) is 9.69 Å². The van der Waals surface area contributed by atoms with Crippen LogP contribution in [0.3, 0.4) is 0 Å². The van der Waals surface area contributed by atoms with Gasteiger partial charge in [-0.1, -0.05) is 23.7 Å². The number of piperidine rings is 1. The number of hydrogen-bond donors (Lipinski definition) is 0. The molecule has 27 heavy (non-hydrogen) atoms. The molecule has 3 rings (SSSR count). The number of anilines is 1. The number of hydrogen-bond acceptors (Lipinski definition) is 3. The zero-order valence-corrected chi connectivity index (χ0v) is 16.1. The fraction of sp³-hybridized carbons (Fsp3) is 0.333. The van der Waals surface area contributed by atoms with Crippen LogP contribution in [0, 0.1) is 0 Å². The molecule has 3 amide bonds. The lowest BCUT2D eigenvalue weighted by Gasteiger charge is -2.32. The molecule has 0 bridgehead atoms. The van der Waals surface area contributed by atoms with Gasteiger partial charge in [0.15, 0.2) is 0 Å². The molecule has 2 aromatic rings. The molecule has 0 atom stereocenters. The van der Waals surface area contributed by atoms with Gasteiger partial charge in [-0.3, -0.25) is 4.79 Å². The van der Waals surface area contributed by atoms with Crippen molar-refractivity contribution in [3.8, 4) is 5.75 Å². The minimum Gasteiger partial charge on any atom is -0.493 e. The lowest BCUT2D eigenvalue weighted by atomic mass is 10.1. The van der Waals surface area contributed by atoms with Gasteiger partial charge in [0.05, 0.1) is 17.9 Å². The van der Waals surface area contributed by atoms with Crippen LogP contribution in [0.2, 0.25) is 5.02 Å². The van der Waals surface area contributed by atoms with E-state index in [4.69, 9.17) is 16.3 Å². The number of ether oxygens (including phenoxy) is 1. The fourth-order valence-corrected chi connectivity index (χ4v) is 3.30.